The zero-order valence-electron chi connectivity index (χ0n) is 29.6. The normalized spacial score (nSPS) is 20.8. The quantitative estimate of drug-likeness (QED) is 0.289. The number of hydrogen-bond acceptors (Lipinski definition) is 11. The summed E-state index contributed by atoms with van der Waals surface area (Å²) in [4.78, 5) is 39.3. The van der Waals surface area contributed by atoms with Crippen LogP contribution in [0.15, 0.2) is 59.6 Å². The molecule has 3 aliphatic heterocycles. The minimum Gasteiger partial charge on any atom is -0.497 e. The van der Waals surface area contributed by atoms with Crippen molar-refractivity contribution in [1.82, 2.24) is 25.2 Å². The summed E-state index contributed by atoms with van der Waals surface area (Å²) in [7, 11) is -1.93. The van der Waals surface area contributed by atoms with Gasteiger partial charge in [0.05, 0.1) is 26.0 Å². The molecule has 0 spiro atoms. The number of hydrazine groups is 1. The van der Waals surface area contributed by atoms with Gasteiger partial charge in [-0.3, -0.25) is 19.9 Å². The molecule has 0 bridgehead atoms. The minimum atomic E-state index is -4.69. The van der Waals surface area contributed by atoms with Crippen LogP contribution >= 0.6 is 11.6 Å². The second-order valence-electron chi connectivity index (χ2n) is 13.2. The zero-order chi connectivity index (χ0) is 36.5. The van der Waals surface area contributed by atoms with Gasteiger partial charge >= 0.3 is 0 Å². The van der Waals surface area contributed by atoms with Crippen LogP contribution in [0.25, 0.3) is 0 Å². The third-order valence-corrected chi connectivity index (χ3v) is 11.9. The SMILES string of the molecule is CCN1CCC(N2CCN(NC(=O)C3(c4cccnc4OC(C)C)C(=O)N(S(=O)(=O)c4ccc(OC)cc4OC)c4ccc(Cl)cc43)CC2)CC1. The fourth-order valence-corrected chi connectivity index (χ4v) is 9.09. The first-order valence-electron chi connectivity index (χ1n) is 17.2. The van der Waals surface area contributed by atoms with Crippen molar-refractivity contribution >= 4 is 39.1 Å². The number of sulfonamides is 1. The summed E-state index contributed by atoms with van der Waals surface area (Å²) in [5.41, 5.74) is 0.896. The van der Waals surface area contributed by atoms with Crippen molar-refractivity contribution in [3.63, 3.8) is 0 Å². The van der Waals surface area contributed by atoms with Gasteiger partial charge in [0.25, 0.3) is 21.8 Å². The largest absolute Gasteiger partial charge is 0.497 e. The molecule has 3 aromatic rings. The Bertz CT molecular complexity index is 1880. The van der Waals surface area contributed by atoms with Gasteiger partial charge in [-0.15, -0.1) is 0 Å². The predicted molar refractivity (Wildman–Crippen MR) is 193 cm³/mol. The highest BCUT2D eigenvalue weighted by Gasteiger charge is 2.62. The van der Waals surface area contributed by atoms with Gasteiger partial charge in [0.2, 0.25) is 5.88 Å². The highest BCUT2D eigenvalue weighted by molar-refractivity contribution is 7.93. The number of carbonyl (C=O) groups is 2. The van der Waals surface area contributed by atoms with Crippen molar-refractivity contribution in [3.05, 3.63) is 70.9 Å². The molecule has 1 unspecified atom stereocenters. The second kappa shape index (κ2) is 15.0. The van der Waals surface area contributed by atoms with Crippen LogP contribution in [0.2, 0.25) is 5.02 Å². The molecule has 15 heteroatoms. The molecule has 3 aliphatic rings. The lowest BCUT2D eigenvalue weighted by atomic mass is 9.74. The van der Waals surface area contributed by atoms with Crippen molar-refractivity contribution in [2.45, 2.75) is 56.1 Å². The van der Waals surface area contributed by atoms with Gasteiger partial charge in [-0.2, -0.15) is 0 Å². The van der Waals surface area contributed by atoms with Crippen LogP contribution in [0.3, 0.4) is 0 Å². The van der Waals surface area contributed by atoms with Crippen molar-refractivity contribution in [2.75, 3.05) is 64.3 Å². The van der Waals surface area contributed by atoms with Crippen molar-refractivity contribution < 1.29 is 32.2 Å². The van der Waals surface area contributed by atoms with Crippen LogP contribution < -0.4 is 23.9 Å². The number of amides is 2. The van der Waals surface area contributed by atoms with Crippen LogP contribution in [0.1, 0.15) is 44.7 Å². The van der Waals surface area contributed by atoms with E-state index in [0.717, 1.165) is 45.6 Å². The molecule has 4 heterocycles. The van der Waals surface area contributed by atoms with E-state index in [2.05, 4.69) is 27.1 Å². The number of benzene rings is 2. The van der Waals surface area contributed by atoms with E-state index in [0.29, 0.717) is 29.2 Å². The number of halogens is 1. The van der Waals surface area contributed by atoms with Crippen LogP contribution in [-0.2, 0) is 25.0 Å². The summed E-state index contributed by atoms with van der Waals surface area (Å²) in [6.07, 6.45) is 3.30. The fraction of sp³-hybridized carbons (Fsp3) is 0.472. The molecule has 2 aromatic carbocycles. The van der Waals surface area contributed by atoms with Gasteiger partial charge in [0, 0.05) is 60.6 Å². The molecule has 0 aliphatic carbocycles. The van der Waals surface area contributed by atoms with E-state index in [1.165, 1.54) is 56.8 Å². The zero-order valence-corrected chi connectivity index (χ0v) is 31.2. The van der Waals surface area contributed by atoms with Gasteiger partial charge in [-0.05, 0) is 82.7 Å². The molecular formula is C36H45ClN6O7S. The highest BCUT2D eigenvalue weighted by atomic mass is 35.5. The molecule has 0 radical (unpaired) electrons. The number of hydrogen-bond donors (Lipinski definition) is 1. The molecule has 51 heavy (non-hydrogen) atoms. The maximum absolute atomic E-state index is 15.2. The van der Waals surface area contributed by atoms with Gasteiger partial charge in [-0.1, -0.05) is 24.6 Å². The lowest BCUT2D eigenvalue weighted by molar-refractivity contribution is -0.137. The van der Waals surface area contributed by atoms with E-state index in [4.69, 9.17) is 25.8 Å². The number of methoxy groups -OCH3 is 2. The van der Waals surface area contributed by atoms with E-state index >= 15 is 9.59 Å². The summed E-state index contributed by atoms with van der Waals surface area (Å²) in [6.45, 7) is 11.4. The van der Waals surface area contributed by atoms with Crippen LogP contribution in [-0.4, -0.2) is 112 Å². The topological polar surface area (TPSA) is 134 Å². The first-order chi connectivity index (χ1) is 24.4. The Kier molecular flexibility index (Phi) is 10.8. The standard InChI is InChI=1S/C36H45ClN6O7S/c1-6-40-16-13-26(14-17-40)41-18-20-42(21-19-41)39-34(44)36(28-8-7-15-38-33(28)50-24(2)3)29-22-25(37)9-11-30(29)43(35(36)45)51(46,47)32-12-10-27(48-4)23-31(32)49-5/h7-12,15,22-24,26H,6,13-14,16-21H2,1-5H3,(H,39,44). The molecule has 6 rings (SSSR count). The number of rotatable bonds is 11. The highest BCUT2D eigenvalue weighted by Crippen LogP contribution is 2.52. The van der Waals surface area contributed by atoms with E-state index in [1.807, 2.05) is 0 Å². The minimum absolute atomic E-state index is 0.0199. The summed E-state index contributed by atoms with van der Waals surface area (Å²) in [5, 5.41) is 2.00. The molecular weight excluding hydrogens is 696 g/mol. The summed E-state index contributed by atoms with van der Waals surface area (Å²) >= 11 is 6.56. The number of nitrogens with one attached hydrogen (secondary N) is 1. The number of pyridine rings is 1. The maximum Gasteiger partial charge on any atom is 0.274 e. The number of fused-ring (bicyclic) bond motifs is 1. The van der Waals surface area contributed by atoms with Crippen LogP contribution in [0, 0.1) is 0 Å². The van der Waals surface area contributed by atoms with Gasteiger partial charge in [0.15, 0.2) is 5.41 Å². The average Bonchev–Trinajstić information content (AvgIpc) is 3.39. The molecule has 2 saturated heterocycles. The number of nitrogens with zero attached hydrogens (tertiary/aromatic N) is 5. The molecule has 274 valence electrons. The third kappa shape index (κ3) is 6.75. The number of aromatic nitrogens is 1. The Morgan fingerprint density at radius 1 is 1.00 bits per heavy atom. The Balaban J connectivity index is 1.42. The smallest absolute Gasteiger partial charge is 0.274 e. The molecule has 1 aromatic heterocycles. The first-order valence-corrected chi connectivity index (χ1v) is 19.0. The second-order valence-corrected chi connectivity index (χ2v) is 15.3. The molecule has 1 N–H and O–H groups in total. The average molecular weight is 741 g/mol. The number of piperazine rings is 1. The van der Waals surface area contributed by atoms with E-state index in [1.54, 1.807) is 31.0 Å². The van der Waals surface area contributed by atoms with E-state index in [-0.39, 0.29) is 44.5 Å². The van der Waals surface area contributed by atoms with Crippen molar-refractivity contribution in [2.24, 2.45) is 0 Å². The number of carbonyl (C=O) groups excluding carboxylic acids is 2. The van der Waals surface area contributed by atoms with Crippen molar-refractivity contribution in [3.8, 4) is 17.4 Å². The monoisotopic (exact) mass is 740 g/mol. The van der Waals surface area contributed by atoms with Crippen LogP contribution in [0.5, 0.6) is 17.4 Å². The van der Waals surface area contributed by atoms with Crippen molar-refractivity contribution in [1.29, 1.82) is 0 Å². The van der Waals surface area contributed by atoms with Gasteiger partial charge in [-0.25, -0.2) is 22.7 Å². The van der Waals surface area contributed by atoms with Gasteiger partial charge in [0.1, 0.15) is 16.4 Å². The molecule has 2 amide bonds. The Morgan fingerprint density at radius 3 is 2.37 bits per heavy atom. The number of likely N-dealkylation sites (tertiary alicyclic amines) is 1. The Labute approximate surface area is 304 Å². The number of piperidine rings is 1. The van der Waals surface area contributed by atoms with Crippen LogP contribution in [0.4, 0.5) is 5.69 Å². The number of ether oxygens (including phenoxy) is 3. The first kappa shape index (κ1) is 36.8. The lowest BCUT2D eigenvalue weighted by Crippen LogP contribution is -2.61. The molecule has 1 atom stereocenters. The maximum atomic E-state index is 15.2. The molecule has 13 nitrogen and oxygen atoms in total. The fourth-order valence-electron chi connectivity index (χ4n) is 7.31. The van der Waals surface area contributed by atoms with E-state index < -0.39 is 27.3 Å². The summed E-state index contributed by atoms with van der Waals surface area (Å²) < 4.78 is 46.8. The molecule has 2 fully saturated rings. The summed E-state index contributed by atoms with van der Waals surface area (Å²) in [6, 6.07) is 12.2. The van der Waals surface area contributed by atoms with E-state index in [9.17, 15) is 8.42 Å². The molecule has 0 saturated carbocycles. The summed E-state index contributed by atoms with van der Waals surface area (Å²) in [5.74, 6) is -1.44. The lowest BCUT2D eigenvalue weighted by Gasteiger charge is -2.43. The van der Waals surface area contributed by atoms with Gasteiger partial charge < -0.3 is 19.1 Å². The Hall–Kier alpha value is -3.95. The third-order valence-electron chi connectivity index (χ3n) is 9.93. The predicted octanol–water partition coefficient (Wildman–Crippen LogP) is 3.69. The number of anilines is 1. The Morgan fingerprint density at radius 2 is 1.73 bits per heavy atom.